The Morgan fingerprint density at radius 2 is 2.33 bits per heavy atom. The Hall–Kier alpha value is -0.140. The van der Waals surface area contributed by atoms with Crippen molar-refractivity contribution in [3.05, 3.63) is 16.0 Å². The minimum absolute atomic E-state index is 0.265. The van der Waals surface area contributed by atoms with Crippen molar-refractivity contribution in [1.29, 1.82) is 0 Å². The average molecular weight is 323 g/mol. The molecule has 0 saturated carbocycles. The SMILES string of the molecule is COCC(CNC(C)C)n1cc(I)cn1. The second kappa shape index (κ2) is 6.44. The van der Waals surface area contributed by atoms with Gasteiger partial charge >= 0.3 is 0 Å². The first kappa shape index (κ1) is 12.9. The maximum atomic E-state index is 5.20. The summed E-state index contributed by atoms with van der Waals surface area (Å²) in [6.07, 6.45) is 3.89. The Labute approximate surface area is 105 Å². The number of rotatable bonds is 6. The van der Waals surface area contributed by atoms with Crippen molar-refractivity contribution < 1.29 is 4.74 Å². The van der Waals surface area contributed by atoms with Crippen molar-refractivity contribution in [3.63, 3.8) is 0 Å². The van der Waals surface area contributed by atoms with Gasteiger partial charge in [0.05, 0.1) is 22.4 Å². The smallest absolute Gasteiger partial charge is 0.0876 e. The average Bonchev–Trinajstić information content (AvgIpc) is 2.59. The van der Waals surface area contributed by atoms with Gasteiger partial charge < -0.3 is 10.1 Å². The van der Waals surface area contributed by atoms with Crippen LogP contribution in [0.4, 0.5) is 0 Å². The molecule has 1 aromatic heterocycles. The Morgan fingerprint density at radius 1 is 1.60 bits per heavy atom. The van der Waals surface area contributed by atoms with E-state index in [4.69, 9.17) is 4.74 Å². The fraction of sp³-hybridized carbons (Fsp3) is 0.700. The van der Waals surface area contributed by atoms with E-state index in [1.807, 2.05) is 17.1 Å². The first-order chi connectivity index (χ1) is 7.13. The number of halogens is 1. The van der Waals surface area contributed by atoms with Gasteiger partial charge in [-0.15, -0.1) is 0 Å². The molecule has 15 heavy (non-hydrogen) atoms. The van der Waals surface area contributed by atoms with Crippen molar-refractivity contribution in [1.82, 2.24) is 15.1 Å². The number of methoxy groups -OCH3 is 1. The summed E-state index contributed by atoms with van der Waals surface area (Å²) in [4.78, 5) is 0. The summed E-state index contributed by atoms with van der Waals surface area (Å²) >= 11 is 2.26. The molecular weight excluding hydrogens is 305 g/mol. The summed E-state index contributed by atoms with van der Waals surface area (Å²) in [5.41, 5.74) is 0. The zero-order valence-corrected chi connectivity index (χ0v) is 11.6. The van der Waals surface area contributed by atoms with Gasteiger partial charge in [0.2, 0.25) is 0 Å². The highest BCUT2D eigenvalue weighted by Gasteiger charge is 2.11. The van der Waals surface area contributed by atoms with Crippen LogP contribution in [0, 0.1) is 3.57 Å². The number of ether oxygens (including phenoxy) is 1. The molecule has 0 aromatic carbocycles. The largest absolute Gasteiger partial charge is 0.382 e. The third-order valence-corrected chi connectivity index (χ3v) is 2.62. The molecule has 1 aromatic rings. The zero-order valence-electron chi connectivity index (χ0n) is 9.40. The summed E-state index contributed by atoms with van der Waals surface area (Å²) in [6, 6.07) is 0.750. The zero-order chi connectivity index (χ0) is 11.3. The molecule has 0 bridgehead atoms. The molecule has 1 N–H and O–H groups in total. The van der Waals surface area contributed by atoms with Crippen LogP contribution in [0.25, 0.3) is 0 Å². The molecule has 0 amide bonds. The summed E-state index contributed by atoms with van der Waals surface area (Å²) in [5.74, 6) is 0. The van der Waals surface area contributed by atoms with E-state index in [2.05, 4.69) is 46.9 Å². The molecule has 1 atom stereocenters. The number of nitrogens with one attached hydrogen (secondary N) is 1. The van der Waals surface area contributed by atoms with Crippen LogP contribution in [0.5, 0.6) is 0 Å². The molecule has 0 aliphatic heterocycles. The van der Waals surface area contributed by atoms with Crippen LogP contribution in [0.2, 0.25) is 0 Å². The van der Waals surface area contributed by atoms with Crippen LogP contribution in [0.15, 0.2) is 12.4 Å². The quantitative estimate of drug-likeness (QED) is 0.810. The fourth-order valence-electron chi connectivity index (χ4n) is 1.31. The van der Waals surface area contributed by atoms with Gasteiger partial charge in [-0.25, -0.2) is 0 Å². The number of nitrogens with zero attached hydrogens (tertiary/aromatic N) is 2. The van der Waals surface area contributed by atoms with Crippen molar-refractivity contribution in [2.45, 2.75) is 25.9 Å². The predicted molar refractivity (Wildman–Crippen MR) is 69.0 cm³/mol. The molecule has 1 rings (SSSR count). The molecule has 0 aliphatic rings. The van der Waals surface area contributed by atoms with Gasteiger partial charge in [-0.2, -0.15) is 5.10 Å². The van der Waals surface area contributed by atoms with Crippen LogP contribution < -0.4 is 5.32 Å². The second-order valence-corrected chi connectivity index (χ2v) is 5.06. The van der Waals surface area contributed by atoms with Crippen LogP contribution in [0.1, 0.15) is 19.9 Å². The Kier molecular flexibility index (Phi) is 5.55. The third kappa shape index (κ3) is 4.48. The molecule has 0 spiro atoms. The molecule has 0 radical (unpaired) electrons. The highest BCUT2D eigenvalue weighted by molar-refractivity contribution is 14.1. The molecule has 1 heterocycles. The van der Waals surface area contributed by atoms with Crippen LogP contribution >= 0.6 is 22.6 Å². The first-order valence-electron chi connectivity index (χ1n) is 5.05. The van der Waals surface area contributed by atoms with Gasteiger partial charge in [0.1, 0.15) is 0 Å². The highest BCUT2D eigenvalue weighted by atomic mass is 127. The van der Waals surface area contributed by atoms with E-state index in [1.165, 1.54) is 0 Å². The molecule has 4 nitrogen and oxygen atoms in total. The minimum atomic E-state index is 0.265. The van der Waals surface area contributed by atoms with Crippen LogP contribution in [0.3, 0.4) is 0 Å². The molecule has 0 fully saturated rings. The Bertz CT molecular complexity index is 288. The highest BCUT2D eigenvalue weighted by Crippen LogP contribution is 2.09. The minimum Gasteiger partial charge on any atom is -0.382 e. The van der Waals surface area contributed by atoms with E-state index in [9.17, 15) is 0 Å². The Balaban J connectivity index is 2.57. The van der Waals surface area contributed by atoms with Crippen molar-refractivity contribution in [3.8, 4) is 0 Å². The first-order valence-corrected chi connectivity index (χ1v) is 6.13. The van der Waals surface area contributed by atoms with E-state index >= 15 is 0 Å². The van der Waals surface area contributed by atoms with Gasteiger partial charge in [0.25, 0.3) is 0 Å². The molecule has 5 heteroatoms. The lowest BCUT2D eigenvalue weighted by atomic mass is 10.3. The second-order valence-electron chi connectivity index (χ2n) is 3.81. The molecule has 86 valence electrons. The number of hydrogen-bond acceptors (Lipinski definition) is 3. The lowest BCUT2D eigenvalue weighted by Gasteiger charge is -2.18. The summed E-state index contributed by atoms with van der Waals surface area (Å²) in [5, 5.41) is 7.70. The molecule has 1 unspecified atom stereocenters. The van der Waals surface area contributed by atoms with Crippen molar-refractivity contribution in [2.24, 2.45) is 0 Å². The Morgan fingerprint density at radius 3 is 2.80 bits per heavy atom. The van der Waals surface area contributed by atoms with E-state index in [1.54, 1.807) is 7.11 Å². The van der Waals surface area contributed by atoms with Gasteiger partial charge in [-0.1, -0.05) is 13.8 Å². The molecule has 0 aliphatic carbocycles. The molecule has 0 saturated heterocycles. The monoisotopic (exact) mass is 323 g/mol. The lowest BCUT2D eigenvalue weighted by Crippen LogP contribution is -2.32. The standard InChI is InChI=1S/C10H18IN3O/c1-8(2)12-5-10(7-15-3)14-6-9(11)4-13-14/h4,6,8,10,12H,5,7H2,1-3H3. The van der Waals surface area contributed by atoms with E-state index in [0.29, 0.717) is 12.6 Å². The number of aromatic nitrogens is 2. The van der Waals surface area contributed by atoms with E-state index < -0.39 is 0 Å². The summed E-state index contributed by atoms with van der Waals surface area (Å²) in [6.45, 7) is 5.83. The fourth-order valence-corrected chi connectivity index (χ4v) is 1.72. The topological polar surface area (TPSA) is 39.1 Å². The van der Waals surface area contributed by atoms with Crippen LogP contribution in [-0.4, -0.2) is 36.1 Å². The van der Waals surface area contributed by atoms with Gasteiger partial charge in [-0.05, 0) is 22.6 Å². The lowest BCUT2D eigenvalue weighted by molar-refractivity contribution is 0.147. The van der Waals surface area contributed by atoms with E-state index in [-0.39, 0.29) is 6.04 Å². The summed E-state index contributed by atoms with van der Waals surface area (Å²) in [7, 11) is 1.72. The van der Waals surface area contributed by atoms with Crippen molar-refractivity contribution in [2.75, 3.05) is 20.3 Å². The van der Waals surface area contributed by atoms with Gasteiger partial charge in [-0.3, -0.25) is 4.68 Å². The third-order valence-electron chi connectivity index (χ3n) is 2.06. The van der Waals surface area contributed by atoms with Crippen LogP contribution in [-0.2, 0) is 4.74 Å². The number of hydrogen-bond donors (Lipinski definition) is 1. The molecular formula is C10H18IN3O. The predicted octanol–water partition coefficient (Wildman–Crippen LogP) is 1.67. The van der Waals surface area contributed by atoms with Crippen molar-refractivity contribution >= 4 is 22.6 Å². The summed E-state index contributed by atoms with van der Waals surface area (Å²) < 4.78 is 8.31. The van der Waals surface area contributed by atoms with Gasteiger partial charge in [0, 0.05) is 25.9 Å². The maximum Gasteiger partial charge on any atom is 0.0876 e. The normalized spacial score (nSPS) is 13.4. The van der Waals surface area contributed by atoms with E-state index in [0.717, 1.165) is 10.1 Å². The van der Waals surface area contributed by atoms with Gasteiger partial charge in [0.15, 0.2) is 0 Å². The maximum absolute atomic E-state index is 5.20.